The number of benzene rings is 2. The molecule has 3 rings (SSSR count). The molecule has 1 N–H and O–H groups in total. The highest BCUT2D eigenvalue weighted by Gasteiger charge is 2.28. The maximum Gasteiger partial charge on any atom is 0.242 e. The lowest BCUT2D eigenvalue weighted by Gasteiger charge is -2.30. The predicted molar refractivity (Wildman–Crippen MR) is 119 cm³/mol. The summed E-state index contributed by atoms with van der Waals surface area (Å²) in [5, 5.41) is 3.14. The average Bonchev–Trinajstić information content (AvgIpc) is 3.20. The van der Waals surface area contributed by atoms with E-state index in [9.17, 15) is 9.59 Å². The molecule has 4 nitrogen and oxygen atoms in total. The highest BCUT2D eigenvalue weighted by Crippen LogP contribution is 2.19. The van der Waals surface area contributed by atoms with Crippen LogP contribution in [0.3, 0.4) is 0 Å². The van der Waals surface area contributed by atoms with Crippen molar-refractivity contribution in [1.29, 1.82) is 0 Å². The number of aryl methyl sites for hydroxylation is 1. The Balaban J connectivity index is 1.76. The van der Waals surface area contributed by atoms with Crippen LogP contribution >= 0.6 is 15.9 Å². The zero-order chi connectivity index (χ0) is 20.8. The fraction of sp³-hybridized carbons (Fsp3) is 0.417. The van der Waals surface area contributed by atoms with Gasteiger partial charge in [-0.05, 0) is 49.9 Å². The van der Waals surface area contributed by atoms with Gasteiger partial charge in [-0.1, -0.05) is 70.7 Å². The van der Waals surface area contributed by atoms with Crippen LogP contribution in [0, 0.1) is 6.92 Å². The Labute approximate surface area is 181 Å². The van der Waals surface area contributed by atoms with Crippen LogP contribution in [-0.2, 0) is 22.6 Å². The number of carbonyl (C=O) groups is 2. The minimum Gasteiger partial charge on any atom is -0.352 e. The van der Waals surface area contributed by atoms with Crippen LogP contribution in [0.5, 0.6) is 0 Å². The molecule has 154 valence electrons. The normalized spacial score (nSPS) is 15.1. The minimum absolute atomic E-state index is 0.0346. The van der Waals surface area contributed by atoms with Crippen molar-refractivity contribution >= 4 is 27.7 Å². The molecule has 1 aliphatic rings. The van der Waals surface area contributed by atoms with Crippen LogP contribution in [-0.4, -0.2) is 28.8 Å². The van der Waals surface area contributed by atoms with Gasteiger partial charge in [0.25, 0.3) is 0 Å². The Morgan fingerprint density at radius 2 is 1.79 bits per heavy atom. The highest BCUT2D eigenvalue weighted by atomic mass is 79.9. The largest absolute Gasteiger partial charge is 0.352 e. The van der Waals surface area contributed by atoms with Gasteiger partial charge in [0.1, 0.15) is 6.04 Å². The first-order valence-electron chi connectivity index (χ1n) is 10.3. The second kappa shape index (κ2) is 10.1. The Hall–Kier alpha value is -2.14. The van der Waals surface area contributed by atoms with E-state index in [1.54, 1.807) is 4.90 Å². The maximum absolute atomic E-state index is 13.2. The summed E-state index contributed by atoms with van der Waals surface area (Å²) in [7, 11) is 0. The number of halogens is 1. The van der Waals surface area contributed by atoms with Crippen LogP contribution in [0.4, 0.5) is 0 Å². The van der Waals surface area contributed by atoms with E-state index < -0.39 is 6.04 Å². The van der Waals surface area contributed by atoms with Crippen LogP contribution in [0.15, 0.2) is 53.0 Å². The van der Waals surface area contributed by atoms with Gasteiger partial charge in [-0.2, -0.15) is 0 Å². The Morgan fingerprint density at radius 1 is 1.10 bits per heavy atom. The smallest absolute Gasteiger partial charge is 0.242 e. The minimum atomic E-state index is -0.517. The van der Waals surface area contributed by atoms with Gasteiger partial charge >= 0.3 is 0 Å². The van der Waals surface area contributed by atoms with Crippen molar-refractivity contribution in [2.75, 3.05) is 0 Å². The molecule has 0 heterocycles. The van der Waals surface area contributed by atoms with E-state index >= 15 is 0 Å². The maximum atomic E-state index is 13.2. The Kier molecular flexibility index (Phi) is 7.48. The molecule has 1 fully saturated rings. The van der Waals surface area contributed by atoms with Crippen molar-refractivity contribution < 1.29 is 9.59 Å². The molecule has 0 bridgehead atoms. The molecule has 0 saturated heterocycles. The molecule has 1 unspecified atom stereocenters. The summed E-state index contributed by atoms with van der Waals surface area (Å²) in [6.07, 6.45) is 4.67. The van der Waals surface area contributed by atoms with Crippen molar-refractivity contribution in [3.8, 4) is 0 Å². The first kappa shape index (κ1) is 21.6. The monoisotopic (exact) mass is 456 g/mol. The van der Waals surface area contributed by atoms with E-state index in [-0.39, 0.29) is 17.9 Å². The predicted octanol–water partition coefficient (Wildman–Crippen LogP) is 4.78. The molecule has 1 atom stereocenters. The molecule has 5 heteroatoms. The zero-order valence-electron chi connectivity index (χ0n) is 17.2. The SMILES string of the molecule is Cc1cccc(CC(=O)N(Cc2ccc(Br)cc2)C(C)C(=O)NC2CCCC2)c1. The summed E-state index contributed by atoms with van der Waals surface area (Å²) < 4.78 is 0.992. The number of hydrogen-bond donors (Lipinski definition) is 1. The van der Waals surface area contributed by atoms with Gasteiger partial charge in [-0.15, -0.1) is 0 Å². The number of rotatable bonds is 7. The van der Waals surface area contributed by atoms with Gasteiger partial charge in [0.05, 0.1) is 6.42 Å². The first-order chi connectivity index (χ1) is 13.9. The average molecular weight is 457 g/mol. The lowest BCUT2D eigenvalue weighted by atomic mass is 10.1. The number of hydrogen-bond acceptors (Lipinski definition) is 2. The van der Waals surface area contributed by atoms with E-state index in [0.717, 1.165) is 46.8 Å². The number of amides is 2. The fourth-order valence-corrected chi connectivity index (χ4v) is 4.12. The summed E-state index contributed by atoms with van der Waals surface area (Å²) in [6.45, 7) is 4.26. The third kappa shape index (κ3) is 6.17. The van der Waals surface area contributed by atoms with E-state index in [4.69, 9.17) is 0 Å². The summed E-state index contributed by atoms with van der Waals surface area (Å²) in [5.41, 5.74) is 3.10. The van der Waals surface area contributed by atoms with Crippen LogP contribution in [0.2, 0.25) is 0 Å². The van der Waals surface area contributed by atoms with Crippen molar-refractivity contribution in [3.05, 3.63) is 69.7 Å². The molecule has 0 aromatic heterocycles. The number of carbonyl (C=O) groups excluding carboxylic acids is 2. The van der Waals surface area contributed by atoms with Crippen molar-refractivity contribution in [1.82, 2.24) is 10.2 Å². The number of nitrogens with zero attached hydrogens (tertiary/aromatic N) is 1. The third-order valence-corrected chi connectivity index (χ3v) is 6.10. The Morgan fingerprint density at radius 3 is 2.45 bits per heavy atom. The lowest BCUT2D eigenvalue weighted by Crippen LogP contribution is -2.50. The molecule has 1 aliphatic carbocycles. The van der Waals surface area contributed by atoms with E-state index in [0.29, 0.717) is 13.0 Å². The van der Waals surface area contributed by atoms with Gasteiger partial charge in [-0.3, -0.25) is 9.59 Å². The molecule has 0 radical (unpaired) electrons. The molecular formula is C24H29BrN2O2. The van der Waals surface area contributed by atoms with Gasteiger partial charge in [0, 0.05) is 17.1 Å². The fourth-order valence-electron chi connectivity index (χ4n) is 3.86. The second-order valence-corrected chi connectivity index (χ2v) is 8.90. The second-order valence-electron chi connectivity index (χ2n) is 7.98. The van der Waals surface area contributed by atoms with Crippen LogP contribution < -0.4 is 5.32 Å². The summed E-state index contributed by atoms with van der Waals surface area (Å²) >= 11 is 3.45. The lowest BCUT2D eigenvalue weighted by molar-refractivity contribution is -0.140. The summed E-state index contributed by atoms with van der Waals surface area (Å²) in [5.74, 6) is -0.0980. The van der Waals surface area contributed by atoms with Gasteiger partial charge in [-0.25, -0.2) is 0 Å². The Bertz CT molecular complexity index is 844. The van der Waals surface area contributed by atoms with Gasteiger partial charge in [0.15, 0.2) is 0 Å². The van der Waals surface area contributed by atoms with E-state index in [1.807, 2.05) is 62.4 Å². The molecule has 2 aromatic carbocycles. The molecular weight excluding hydrogens is 428 g/mol. The molecule has 0 spiro atoms. The van der Waals surface area contributed by atoms with Crippen molar-refractivity contribution in [2.24, 2.45) is 0 Å². The molecule has 2 aromatic rings. The van der Waals surface area contributed by atoms with Crippen molar-refractivity contribution in [2.45, 2.75) is 64.6 Å². The molecule has 1 saturated carbocycles. The standard InChI is InChI=1S/C24H29BrN2O2/c1-17-6-5-7-20(14-17)15-23(28)27(16-19-10-12-21(25)13-11-19)18(2)24(29)26-22-8-3-4-9-22/h5-7,10-14,18,22H,3-4,8-9,15-16H2,1-2H3,(H,26,29). The summed E-state index contributed by atoms with van der Waals surface area (Å²) in [6, 6.07) is 15.6. The van der Waals surface area contributed by atoms with Crippen LogP contribution in [0.1, 0.15) is 49.3 Å². The number of nitrogens with one attached hydrogen (secondary N) is 1. The van der Waals surface area contributed by atoms with Gasteiger partial charge in [0.2, 0.25) is 11.8 Å². The topological polar surface area (TPSA) is 49.4 Å². The molecule has 29 heavy (non-hydrogen) atoms. The third-order valence-electron chi connectivity index (χ3n) is 5.57. The molecule has 0 aliphatic heterocycles. The zero-order valence-corrected chi connectivity index (χ0v) is 18.7. The summed E-state index contributed by atoms with van der Waals surface area (Å²) in [4.78, 5) is 27.8. The van der Waals surface area contributed by atoms with E-state index in [1.165, 1.54) is 0 Å². The van der Waals surface area contributed by atoms with E-state index in [2.05, 4.69) is 21.2 Å². The van der Waals surface area contributed by atoms with Crippen molar-refractivity contribution in [3.63, 3.8) is 0 Å². The quantitative estimate of drug-likeness (QED) is 0.651. The van der Waals surface area contributed by atoms with Gasteiger partial charge < -0.3 is 10.2 Å². The first-order valence-corrected chi connectivity index (χ1v) is 11.1. The molecule has 2 amide bonds. The highest BCUT2D eigenvalue weighted by molar-refractivity contribution is 9.10. The van der Waals surface area contributed by atoms with Crippen LogP contribution in [0.25, 0.3) is 0 Å².